The van der Waals surface area contributed by atoms with Crippen LogP contribution in [0.3, 0.4) is 0 Å². The maximum atomic E-state index is 12.5. The number of carbonyl (C=O) groups is 1. The second-order valence-electron chi connectivity index (χ2n) is 5.62. The first-order chi connectivity index (χ1) is 12.1. The summed E-state index contributed by atoms with van der Waals surface area (Å²) in [5, 5.41) is 7.65. The van der Waals surface area contributed by atoms with Gasteiger partial charge in [-0.1, -0.05) is 35.9 Å². The molecule has 0 aliphatic heterocycles. The van der Waals surface area contributed by atoms with E-state index in [9.17, 15) is 4.79 Å². The molecule has 1 aromatic heterocycles. The maximum Gasteiger partial charge on any atom is 0.258 e. The van der Waals surface area contributed by atoms with Gasteiger partial charge in [0.15, 0.2) is 5.82 Å². The standard InChI is InChI=1S/C19H18ClN3OS/c1-13-5-3-4-6-14(13)12-23-10-9-18(22-23)21-19(24)16-11-15(25-2)7-8-17(16)20/h3-11H,12H2,1-2H3,(H,21,22,24). The van der Waals surface area contributed by atoms with Crippen molar-refractivity contribution in [3.63, 3.8) is 0 Å². The van der Waals surface area contributed by atoms with Crippen molar-refractivity contribution in [2.24, 2.45) is 0 Å². The van der Waals surface area contributed by atoms with E-state index < -0.39 is 0 Å². The molecule has 3 rings (SSSR count). The Morgan fingerprint density at radius 2 is 2.04 bits per heavy atom. The number of halogens is 1. The molecule has 2 aromatic carbocycles. The Bertz CT molecular complexity index is 907. The highest BCUT2D eigenvalue weighted by Crippen LogP contribution is 2.23. The third-order valence-electron chi connectivity index (χ3n) is 3.89. The van der Waals surface area contributed by atoms with Gasteiger partial charge in [-0.15, -0.1) is 11.8 Å². The average Bonchev–Trinajstić information content (AvgIpc) is 3.04. The topological polar surface area (TPSA) is 46.9 Å². The van der Waals surface area contributed by atoms with E-state index in [0.717, 1.165) is 4.90 Å². The zero-order valence-corrected chi connectivity index (χ0v) is 15.6. The van der Waals surface area contributed by atoms with Crippen LogP contribution in [-0.4, -0.2) is 21.9 Å². The van der Waals surface area contributed by atoms with Crippen LogP contribution in [-0.2, 0) is 6.54 Å². The molecule has 1 N–H and O–H groups in total. The Hall–Kier alpha value is -2.24. The summed E-state index contributed by atoms with van der Waals surface area (Å²) < 4.78 is 1.80. The second kappa shape index (κ2) is 7.76. The molecule has 25 heavy (non-hydrogen) atoms. The molecule has 0 saturated heterocycles. The number of amides is 1. The predicted molar refractivity (Wildman–Crippen MR) is 104 cm³/mol. The van der Waals surface area contributed by atoms with Crippen LogP contribution < -0.4 is 5.32 Å². The SMILES string of the molecule is CSc1ccc(Cl)c(C(=O)Nc2ccn(Cc3ccccc3C)n2)c1. The fraction of sp³-hybridized carbons (Fsp3) is 0.158. The van der Waals surface area contributed by atoms with Gasteiger partial charge in [-0.25, -0.2) is 0 Å². The third kappa shape index (κ3) is 4.24. The molecular formula is C19H18ClN3OS. The van der Waals surface area contributed by atoms with Gasteiger partial charge in [-0.05, 0) is 42.5 Å². The zero-order valence-electron chi connectivity index (χ0n) is 14.0. The molecule has 0 atom stereocenters. The van der Waals surface area contributed by atoms with E-state index in [0.29, 0.717) is 22.9 Å². The van der Waals surface area contributed by atoms with Gasteiger partial charge in [-0.2, -0.15) is 5.10 Å². The molecule has 1 heterocycles. The Labute approximate surface area is 156 Å². The predicted octanol–water partition coefficient (Wildman–Crippen LogP) is 4.87. The van der Waals surface area contributed by atoms with Gasteiger partial charge in [0.2, 0.25) is 0 Å². The van der Waals surface area contributed by atoms with Crippen molar-refractivity contribution in [3.05, 3.63) is 76.4 Å². The number of aryl methyl sites for hydroxylation is 1. The summed E-state index contributed by atoms with van der Waals surface area (Å²) in [7, 11) is 0. The number of thioether (sulfide) groups is 1. The van der Waals surface area contributed by atoms with Gasteiger partial charge in [0, 0.05) is 17.2 Å². The summed E-state index contributed by atoms with van der Waals surface area (Å²) >= 11 is 7.71. The van der Waals surface area contributed by atoms with Crippen molar-refractivity contribution in [3.8, 4) is 0 Å². The summed E-state index contributed by atoms with van der Waals surface area (Å²) in [4.78, 5) is 13.5. The van der Waals surface area contributed by atoms with Gasteiger partial charge < -0.3 is 5.32 Å². The molecule has 128 valence electrons. The lowest BCUT2D eigenvalue weighted by Crippen LogP contribution is -2.13. The number of nitrogens with one attached hydrogen (secondary N) is 1. The van der Waals surface area contributed by atoms with Crippen LogP contribution in [0.1, 0.15) is 21.5 Å². The second-order valence-corrected chi connectivity index (χ2v) is 6.91. The van der Waals surface area contributed by atoms with E-state index in [1.165, 1.54) is 11.1 Å². The van der Waals surface area contributed by atoms with Crippen molar-refractivity contribution in [1.82, 2.24) is 9.78 Å². The molecule has 0 bridgehead atoms. The molecule has 0 unspecified atom stereocenters. The lowest BCUT2D eigenvalue weighted by Gasteiger charge is -2.07. The van der Waals surface area contributed by atoms with Gasteiger partial charge in [0.25, 0.3) is 5.91 Å². The first kappa shape index (κ1) is 17.6. The van der Waals surface area contributed by atoms with Crippen LogP contribution in [0.5, 0.6) is 0 Å². The number of anilines is 1. The van der Waals surface area contributed by atoms with Crippen molar-refractivity contribution in [2.75, 3.05) is 11.6 Å². The molecule has 0 fully saturated rings. The lowest BCUT2D eigenvalue weighted by molar-refractivity contribution is 0.102. The molecule has 4 nitrogen and oxygen atoms in total. The average molecular weight is 372 g/mol. The smallest absolute Gasteiger partial charge is 0.258 e. The summed E-state index contributed by atoms with van der Waals surface area (Å²) in [6.07, 6.45) is 3.81. The fourth-order valence-electron chi connectivity index (χ4n) is 2.47. The first-order valence-electron chi connectivity index (χ1n) is 7.79. The molecule has 1 amide bonds. The van der Waals surface area contributed by atoms with E-state index in [1.54, 1.807) is 34.6 Å². The number of aromatic nitrogens is 2. The zero-order chi connectivity index (χ0) is 17.8. The van der Waals surface area contributed by atoms with Crippen LogP contribution in [0, 0.1) is 6.92 Å². The molecule has 0 aliphatic carbocycles. The molecule has 0 spiro atoms. The molecule has 6 heteroatoms. The van der Waals surface area contributed by atoms with Crippen LogP contribution in [0.25, 0.3) is 0 Å². The summed E-state index contributed by atoms with van der Waals surface area (Å²) in [6.45, 7) is 2.73. The van der Waals surface area contributed by atoms with Gasteiger partial charge in [-0.3, -0.25) is 9.48 Å². The highest BCUT2D eigenvalue weighted by molar-refractivity contribution is 7.98. The third-order valence-corrected chi connectivity index (χ3v) is 4.95. The minimum Gasteiger partial charge on any atom is -0.305 e. The quantitative estimate of drug-likeness (QED) is 0.651. The van der Waals surface area contributed by atoms with Crippen molar-refractivity contribution < 1.29 is 4.79 Å². The Morgan fingerprint density at radius 3 is 2.80 bits per heavy atom. The van der Waals surface area contributed by atoms with Gasteiger partial charge in [0.05, 0.1) is 17.1 Å². The fourth-order valence-corrected chi connectivity index (χ4v) is 3.11. The number of carbonyl (C=O) groups excluding carboxylic acids is 1. The molecule has 0 radical (unpaired) electrons. The Kier molecular flexibility index (Phi) is 5.46. The van der Waals surface area contributed by atoms with Crippen molar-refractivity contribution in [1.29, 1.82) is 0 Å². The Morgan fingerprint density at radius 1 is 1.24 bits per heavy atom. The highest BCUT2D eigenvalue weighted by atomic mass is 35.5. The number of benzene rings is 2. The van der Waals surface area contributed by atoms with Crippen molar-refractivity contribution >= 4 is 35.1 Å². The molecule has 0 saturated carbocycles. The van der Waals surface area contributed by atoms with Crippen LogP contribution in [0.15, 0.2) is 59.6 Å². The van der Waals surface area contributed by atoms with Gasteiger partial charge in [0.1, 0.15) is 0 Å². The van der Waals surface area contributed by atoms with Crippen LogP contribution >= 0.6 is 23.4 Å². The van der Waals surface area contributed by atoms with E-state index in [4.69, 9.17) is 11.6 Å². The van der Waals surface area contributed by atoms with Gasteiger partial charge >= 0.3 is 0 Å². The van der Waals surface area contributed by atoms with E-state index in [2.05, 4.69) is 29.5 Å². The van der Waals surface area contributed by atoms with Crippen LogP contribution in [0.4, 0.5) is 5.82 Å². The first-order valence-corrected chi connectivity index (χ1v) is 9.40. The minimum atomic E-state index is -0.262. The molecular weight excluding hydrogens is 354 g/mol. The number of hydrogen-bond donors (Lipinski definition) is 1. The summed E-state index contributed by atoms with van der Waals surface area (Å²) in [6, 6.07) is 15.4. The Balaban J connectivity index is 1.73. The van der Waals surface area contributed by atoms with Crippen LogP contribution in [0.2, 0.25) is 5.02 Å². The van der Waals surface area contributed by atoms with Crippen molar-refractivity contribution in [2.45, 2.75) is 18.4 Å². The number of nitrogens with zero attached hydrogens (tertiary/aromatic N) is 2. The summed E-state index contributed by atoms with van der Waals surface area (Å²) in [5.74, 6) is 0.242. The largest absolute Gasteiger partial charge is 0.305 e. The van der Waals surface area contributed by atoms with E-state index >= 15 is 0 Å². The number of hydrogen-bond acceptors (Lipinski definition) is 3. The monoisotopic (exact) mass is 371 g/mol. The minimum absolute atomic E-state index is 0.262. The maximum absolute atomic E-state index is 12.5. The number of rotatable bonds is 5. The normalized spacial score (nSPS) is 10.7. The summed E-state index contributed by atoms with van der Waals surface area (Å²) in [5.41, 5.74) is 2.85. The lowest BCUT2D eigenvalue weighted by atomic mass is 10.1. The molecule has 3 aromatic rings. The van der Waals surface area contributed by atoms with E-state index in [-0.39, 0.29) is 5.91 Å². The highest BCUT2D eigenvalue weighted by Gasteiger charge is 2.13. The van der Waals surface area contributed by atoms with E-state index in [1.807, 2.05) is 30.7 Å². The molecule has 0 aliphatic rings.